The first-order valence-corrected chi connectivity index (χ1v) is 9.66. The molecule has 5 heteroatoms. The van der Waals surface area contributed by atoms with Crippen molar-refractivity contribution in [3.05, 3.63) is 59.0 Å². The molecule has 5 atom stereocenters. The van der Waals surface area contributed by atoms with Crippen LogP contribution in [0.2, 0.25) is 0 Å². The van der Waals surface area contributed by atoms with Gasteiger partial charge < -0.3 is 5.32 Å². The Kier molecular flexibility index (Phi) is 3.00. The number of nitrogens with one attached hydrogen (secondary N) is 2. The zero-order valence-electron chi connectivity index (χ0n) is 14.7. The average Bonchev–Trinajstić information content (AvgIpc) is 3.43. The van der Waals surface area contributed by atoms with Crippen molar-refractivity contribution >= 4 is 16.6 Å². The molecular weight excluding hydrogens is 339 g/mol. The van der Waals surface area contributed by atoms with Gasteiger partial charge in [-0.2, -0.15) is 10.4 Å². The molecule has 0 radical (unpaired) electrons. The van der Waals surface area contributed by atoms with Crippen LogP contribution < -0.4 is 5.32 Å². The third kappa shape index (κ3) is 1.98. The topological polar surface area (TPSA) is 64.5 Å². The van der Waals surface area contributed by atoms with E-state index >= 15 is 0 Å². The highest BCUT2D eigenvalue weighted by Gasteiger charge is 2.54. The molecule has 6 rings (SSSR count). The van der Waals surface area contributed by atoms with Crippen molar-refractivity contribution in [2.45, 2.75) is 31.2 Å². The molecule has 2 bridgehead atoms. The number of nitriles is 1. The van der Waals surface area contributed by atoms with Gasteiger partial charge in [0.1, 0.15) is 11.9 Å². The molecule has 0 amide bonds. The predicted octanol–water partition coefficient (Wildman–Crippen LogP) is 4.87. The van der Waals surface area contributed by atoms with Gasteiger partial charge in [-0.1, -0.05) is 6.07 Å². The van der Waals surface area contributed by atoms with Gasteiger partial charge in [-0.3, -0.25) is 5.10 Å². The number of anilines is 1. The smallest absolute Gasteiger partial charge is 0.140 e. The molecule has 0 spiro atoms. The lowest BCUT2D eigenvalue weighted by molar-refractivity contribution is 0.248. The van der Waals surface area contributed by atoms with Crippen molar-refractivity contribution in [2.24, 2.45) is 17.8 Å². The van der Waals surface area contributed by atoms with Gasteiger partial charge in [0.05, 0.1) is 23.3 Å². The van der Waals surface area contributed by atoms with Crippen LogP contribution in [0.25, 0.3) is 10.9 Å². The average molecular weight is 358 g/mol. The van der Waals surface area contributed by atoms with Crippen LogP contribution >= 0.6 is 0 Å². The molecule has 2 N–H and O–H groups in total. The van der Waals surface area contributed by atoms with Crippen LogP contribution in [0.15, 0.2) is 36.5 Å². The third-order valence-corrected chi connectivity index (χ3v) is 7.14. The molecule has 2 heterocycles. The van der Waals surface area contributed by atoms with Crippen molar-refractivity contribution in [2.75, 3.05) is 5.32 Å². The zero-order chi connectivity index (χ0) is 18.1. The predicted molar refractivity (Wildman–Crippen MR) is 101 cm³/mol. The Bertz CT molecular complexity index is 1110. The minimum atomic E-state index is -0.443. The van der Waals surface area contributed by atoms with Crippen molar-refractivity contribution < 1.29 is 4.39 Å². The number of hydrogen-bond acceptors (Lipinski definition) is 3. The highest BCUT2D eigenvalue weighted by atomic mass is 19.1. The largest absolute Gasteiger partial charge is 0.378 e. The molecule has 2 unspecified atom stereocenters. The second kappa shape index (κ2) is 5.32. The van der Waals surface area contributed by atoms with Crippen LogP contribution in [0.3, 0.4) is 0 Å². The van der Waals surface area contributed by atoms with E-state index in [9.17, 15) is 9.65 Å². The summed E-state index contributed by atoms with van der Waals surface area (Å²) >= 11 is 0. The fraction of sp³-hybridized carbons (Fsp3) is 0.364. The Morgan fingerprint density at radius 2 is 2.04 bits per heavy atom. The van der Waals surface area contributed by atoms with Crippen LogP contribution in [-0.2, 0) is 0 Å². The monoisotopic (exact) mass is 358 g/mol. The van der Waals surface area contributed by atoms with Crippen LogP contribution in [-0.4, -0.2) is 10.2 Å². The number of nitrogens with zero attached hydrogens (tertiary/aromatic N) is 2. The molecule has 1 aliphatic heterocycles. The lowest BCUT2D eigenvalue weighted by Crippen LogP contribution is -2.35. The molecule has 3 aromatic rings. The van der Waals surface area contributed by atoms with E-state index in [0.29, 0.717) is 23.7 Å². The molecule has 0 saturated heterocycles. The standard InChI is InChI=1S/C22H19FN4/c23-16-5-3-13(8-15(16)9-24)21-19-12-2-1-11(7-12)18(19)20-17(26-21)6-4-14-10-25-27-22(14)20/h3-6,8,10-12,18-19,21,26H,1-2,7H2,(H,25,27)/t11?,12?,18-,19+,21-/m0/s1. The fourth-order valence-electron chi connectivity index (χ4n) is 6.14. The zero-order valence-corrected chi connectivity index (χ0v) is 14.7. The second-order valence-corrected chi connectivity index (χ2v) is 8.27. The molecule has 2 aliphatic carbocycles. The van der Waals surface area contributed by atoms with E-state index in [1.165, 1.54) is 30.9 Å². The molecule has 1 aromatic heterocycles. The van der Waals surface area contributed by atoms with Crippen LogP contribution in [0, 0.1) is 34.9 Å². The number of hydrogen-bond donors (Lipinski definition) is 2. The maximum absolute atomic E-state index is 13.9. The first kappa shape index (κ1) is 15.2. The van der Waals surface area contributed by atoms with E-state index < -0.39 is 5.82 Å². The first-order chi connectivity index (χ1) is 13.2. The molecule has 134 valence electrons. The number of fused-ring (bicyclic) bond motifs is 9. The number of halogens is 1. The quantitative estimate of drug-likeness (QED) is 0.652. The maximum atomic E-state index is 13.9. The SMILES string of the molecule is N#Cc1cc([C@@H]2Nc3ccc4cn[nH]c4c3[C@H]3C4CCC(C4)[C@@H]23)ccc1F. The fourth-order valence-corrected chi connectivity index (χ4v) is 6.14. The second-order valence-electron chi connectivity index (χ2n) is 8.27. The first-order valence-electron chi connectivity index (χ1n) is 9.66. The summed E-state index contributed by atoms with van der Waals surface area (Å²) in [4.78, 5) is 0. The van der Waals surface area contributed by atoms with E-state index in [0.717, 1.165) is 22.2 Å². The van der Waals surface area contributed by atoms with Crippen LogP contribution in [0.4, 0.5) is 10.1 Å². The lowest BCUT2D eigenvalue weighted by Gasteiger charge is -2.43. The molecule has 2 saturated carbocycles. The Hall–Kier alpha value is -2.87. The Morgan fingerprint density at radius 3 is 2.93 bits per heavy atom. The number of aromatic nitrogens is 2. The van der Waals surface area contributed by atoms with E-state index in [2.05, 4.69) is 27.6 Å². The maximum Gasteiger partial charge on any atom is 0.140 e. The minimum Gasteiger partial charge on any atom is -0.378 e. The molecule has 2 fully saturated rings. The summed E-state index contributed by atoms with van der Waals surface area (Å²) in [5.74, 6) is 1.90. The lowest BCUT2D eigenvalue weighted by atomic mass is 9.67. The summed E-state index contributed by atoms with van der Waals surface area (Å²) in [5.41, 5.74) is 4.82. The van der Waals surface area contributed by atoms with Gasteiger partial charge in [-0.05, 0) is 72.8 Å². The summed E-state index contributed by atoms with van der Waals surface area (Å²) in [6.45, 7) is 0. The number of rotatable bonds is 1. The van der Waals surface area contributed by atoms with E-state index in [1.807, 2.05) is 18.3 Å². The van der Waals surface area contributed by atoms with Gasteiger partial charge in [0.25, 0.3) is 0 Å². The van der Waals surface area contributed by atoms with Crippen molar-refractivity contribution in [3.63, 3.8) is 0 Å². The van der Waals surface area contributed by atoms with Crippen molar-refractivity contribution in [1.82, 2.24) is 10.2 Å². The normalized spacial score (nSPS) is 30.6. The minimum absolute atomic E-state index is 0.117. The van der Waals surface area contributed by atoms with Crippen molar-refractivity contribution in [1.29, 1.82) is 5.26 Å². The van der Waals surface area contributed by atoms with Crippen LogP contribution in [0.1, 0.15) is 47.9 Å². The molecule has 3 aliphatic rings. The Labute approximate surface area is 156 Å². The number of H-pyrrole nitrogens is 1. The summed E-state index contributed by atoms with van der Waals surface area (Å²) in [6, 6.07) is 11.4. The third-order valence-electron chi connectivity index (χ3n) is 7.14. The van der Waals surface area contributed by atoms with Gasteiger partial charge in [0.15, 0.2) is 0 Å². The van der Waals surface area contributed by atoms with Crippen LogP contribution in [0.5, 0.6) is 0 Å². The summed E-state index contributed by atoms with van der Waals surface area (Å²) < 4.78 is 13.9. The highest BCUT2D eigenvalue weighted by molar-refractivity contribution is 5.88. The van der Waals surface area contributed by atoms with Gasteiger partial charge in [0, 0.05) is 16.6 Å². The van der Waals surface area contributed by atoms with E-state index in [4.69, 9.17) is 0 Å². The van der Waals surface area contributed by atoms with E-state index in [1.54, 1.807) is 6.07 Å². The molecule has 27 heavy (non-hydrogen) atoms. The number of aromatic amines is 1. The van der Waals surface area contributed by atoms with Crippen molar-refractivity contribution in [3.8, 4) is 6.07 Å². The summed E-state index contributed by atoms with van der Waals surface area (Å²) in [5, 5.41) is 21.6. The molecule has 2 aromatic carbocycles. The number of benzene rings is 2. The highest BCUT2D eigenvalue weighted by Crippen LogP contribution is 2.64. The Balaban J connectivity index is 1.55. The van der Waals surface area contributed by atoms with E-state index in [-0.39, 0.29) is 11.6 Å². The summed E-state index contributed by atoms with van der Waals surface area (Å²) in [6.07, 6.45) is 5.72. The van der Waals surface area contributed by atoms with Gasteiger partial charge >= 0.3 is 0 Å². The van der Waals surface area contributed by atoms with Gasteiger partial charge in [0.2, 0.25) is 0 Å². The molecule has 4 nitrogen and oxygen atoms in total. The Morgan fingerprint density at radius 1 is 1.15 bits per heavy atom. The summed E-state index contributed by atoms with van der Waals surface area (Å²) in [7, 11) is 0. The van der Waals surface area contributed by atoms with Gasteiger partial charge in [-0.25, -0.2) is 4.39 Å². The molecular formula is C22H19FN4. The van der Waals surface area contributed by atoms with Gasteiger partial charge in [-0.15, -0.1) is 0 Å².